The molecule has 0 saturated carbocycles. The van der Waals surface area contributed by atoms with E-state index in [2.05, 4.69) is 4.74 Å². The van der Waals surface area contributed by atoms with Crippen LogP contribution >= 0.6 is 7.60 Å². The fraction of sp³-hybridized carbons (Fsp3) is 0.538. The standard InChI is InChI=1S/C13H19O6P/c1-17-13(15)12(20(16,18-2)19-3)9-8-11(14)10-6-4-5-7-10/h4-7,10,12H,8-9H2,1-3H3. The third kappa shape index (κ3) is 3.88. The van der Waals surface area contributed by atoms with Gasteiger partial charge in [0.2, 0.25) is 0 Å². The van der Waals surface area contributed by atoms with Crippen LogP contribution in [0.15, 0.2) is 24.3 Å². The minimum absolute atomic E-state index is 0.0531. The van der Waals surface area contributed by atoms with Gasteiger partial charge in [0.1, 0.15) is 5.78 Å². The maximum absolute atomic E-state index is 12.3. The van der Waals surface area contributed by atoms with Crippen LogP contribution in [0.5, 0.6) is 0 Å². The van der Waals surface area contributed by atoms with Gasteiger partial charge in [-0.25, -0.2) is 0 Å². The summed E-state index contributed by atoms with van der Waals surface area (Å²) < 4.78 is 26.6. The first-order chi connectivity index (χ1) is 9.48. The molecule has 0 aromatic carbocycles. The van der Waals surface area contributed by atoms with Gasteiger partial charge in [0.25, 0.3) is 0 Å². The van der Waals surface area contributed by atoms with Crippen molar-refractivity contribution in [3.05, 3.63) is 24.3 Å². The minimum atomic E-state index is -3.61. The molecule has 20 heavy (non-hydrogen) atoms. The maximum Gasteiger partial charge on any atom is 0.344 e. The zero-order valence-electron chi connectivity index (χ0n) is 11.8. The van der Waals surface area contributed by atoms with Crippen molar-refractivity contribution in [1.29, 1.82) is 0 Å². The van der Waals surface area contributed by atoms with E-state index < -0.39 is 19.2 Å². The van der Waals surface area contributed by atoms with E-state index in [0.29, 0.717) is 0 Å². The molecule has 0 aromatic heterocycles. The van der Waals surface area contributed by atoms with Crippen LogP contribution in [0.2, 0.25) is 0 Å². The number of hydrogen-bond donors (Lipinski definition) is 0. The van der Waals surface area contributed by atoms with Crippen LogP contribution < -0.4 is 0 Å². The van der Waals surface area contributed by atoms with E-state index in [0.717, 1.165) is 0 Å². The van der Waals surface area contributed by atoms with E-state index in [1.807, 2.05) is 0 Å². The molecular weight excluding hydrogens is 283 g/mol. The first-order valence-corrected chi connectivity index (χ1v) is 7.76. The van der Waals surface area contributed by atoms with Crippen LogP contribution in [0.3, 0.4) is 0 Å². The van der Waals surface area contributed by atoms with Crippen LogP contribution in [0.1, 0.15) is 12.8 Å². The summed E-state index contributed by atoms with van der Waals surface area (Å²) in [6.45, 7) is 0. The molecule has 0 saturated heterocycles. The Hall–Kier alpha value is -1.23. The van der Waals surface area contributed by atoms with Crippen molar-refractivity contribution in [2.45, 2.75) is 18.5 Å². The van der Waals surface area contributed by atoms with Gasteiger partial charge in [0, 0.05) is 20.6 Å². The highest BCUT2D eigenvalue weighted by Crippen LogP contribution is 2.53. The molecule has 0 spiro atoms. The van der Waals surface area contributed by atoms with Gasteiger partial charge in [-0.2, -0.15) is 0 Å². The van der Waals surface area contributed by atoms with Crippen molar-refractivity contribution in [3.8, 4) is 0 Å². The number of ketones is 1. The van der Waals surface area contributed by atoms with Gasteiger partial charge in [0.15, 0.2) is 5.66 Å². The second-order valence-electron chi connectivity index (χ2n) is 4.24. The molecule has 0 amide bonds. The largest absolute Gasteiger partial charge is 0.468 e. The SMILES string of the molecule is COC(=O)C(CCC(=O)C1C=CC=C1)P(=O)(OC)OC. The average molecular weight is 302 g/mol. The molecule has 112 valence electrons. The Balaban J connectivity index is 2.73. The molecule has 0 bridgehead atoms. The molecule has 0 aliphatic heterocycles. The van der Waals surface area contributed by atoms with Crippen molar-refractivity contribution < 1.29 is 27.9 Å². The van der Waals surface area contributed by atoms with Gasteiger partial charge in [0.05, 0.1) is 13.0 Å². The first kappa shape index (κ1) is 16.8. The summed E-state index contributed by atoms with van der Waals surface area (Å²) in [5.41, 5.74) is -1.10. The quantitative estimate of drug-likeness (QED) is 0.504. The lowest BCUT2D eigenvalue weighted by Gasteiger charge is -2.22. The van der Waals surface area contributed by atoms with Crippen molar-refractivity contribution in [2.24, 2.45) is 5.92 Å². The fourth-order valence-corrected chi connectivity index (χ4v) is 3.43. The van der Waals surface area contributed by atoms with Crippen molar-refractivity contribution >= 4 is 19.3 Å². The van der Waals surface area contributed by atoms with Gasteiger partial charge < -0.3 is 13.8 Å². The Kier molecular flexibility index (Phi) is 6.33. The summed E-state index contributed by atoms with van der Waals surface area (Å²) in [4.78, 5) is 23.7. The van der Waals surface area contributed by atoms with E-state index in [4.69, 9.17) is 9.05 Å². The zero-order chi connectivity index (χ0) is 15.2. The number of hydrogen-bond acceptors (Lipinski definition) is 6. The maximum atomic E-state index is 12.3. The number of rotatable bonds is 8. The molecule has 0 N–H and O–H groups in total. The van der Waals surface area contributed by atoms with E-state index >= 15 is 0 Å². The molecule has 0 aromatic rings. The molecule has 1 aliphatic rings. The highest BCUT2D eigenvalue weighted by atomic mass is 31.2. The highest BCUT2D eigenvalue weighted by Gasteiger charge is 2.41. The van der Waals surface area contributed by atoms with Crippen LogP contribution in [0.25, 0.3) is 0 Å². The lowest BCUT2D eigenvalue weighted by Crippen LogP contribution is -2.25. The lowest BCUT2D eigenvalue weighted by atomic mass is 10.0. The topological polar surface area (TPSA) is 78.9 Å². The molecule has 0 fully saturated rings. The molecule has 7 heteroatoms. The second kappa shape index (κ2) is 7.53. The number of carbonyl (C=O) groups is 2. The summed E-state index contributed by atoms with van der Waals surface area (Å²) in [5, 5.41) is 0. The summed E-state index contributed by atoms with van der Waals surface area (Å²) >= 11 is 0. The monoisotopic (exact) mass is 302 g/mol. The van der Waals surface area contributed by atoms with Gasteiger partial charge in [-0.3, -0.25) is 14.2 Å². The Morgan fingerprint density at radius 1 is 1.15 bits per heavy atom. The number of Topliss-reactive ketones (excluding diaryl/α,β-unsaturated/α-hetero) is 1. The van der Waals surface area contributed by atoms with E-state index in [1.165, 1.54) is 21.3 Å². The van der Waals surface area contributed by atoms with Crippen molar-refractivity contribution in [2.75, 3.05) is 21.3 Å². The molecule has 1 atom stereocenters. The smallest absolute Gasteiger partial charge is 0.344 e. The van der Waals surface area contributed by atoms with E-state index in [-0.39, 0.29) is 24.5 Å². The molecule has 1 unspecified atom stereocenters. The lowest BCUT2D eigenvalue weighted by molar-refractivity contribution is -0.140. The first-order valence-electron chi connectivity index (χ1n) is 6.15. The van der Waals surface area contributed by atoms with Crippen molar-refractivity contribution in [1.82, 2.24) is 0 Å². The van der Waals surface area contributed by atoms with Gasteiger partial charge >= 0.3 is 13.6 Å². The summed E-state index contributed by atoms with van der Waals surface area (Å²) in [6.07, 6.45) is 7.26. The van der Waals surface area contributed by atoms with E-state index in [9.17, 15) is 14.2 Å². The number of allylic oxidation sites excluding steroid dienone is 4. The van der Waals surface area contributed by atoms with Crippen LogP contribution in [-0.4, -0.2) is 38.7 Å². The Bertz CT molecular complexity index is 447. The summed E-state index contributed by atoms with van der Waals surface area (Å²) in [5.74, 6) is -1.04. The number of ether oxygens (including phenoxy) is 1. The molecule has 1 aliphatic carbocycles. The molecule has 0 heterocycles. The van der Waals surface area contributed by atoms with E-state index in [1.54, 1.807) is 24.3 Å². The normalized spacial score (nSPS) is 16.4. The zero-order valence-corrected chi connectivity index (χ0v) is 12.7. The molecule has 1 rings (SSSR count). The Morgan fingerprint density at radius 2 is 1.70 bits per heavy atom. The Labute approximate surface area is 118 Å². The minimum Gasteiger partial charge on any atom is -0.468 e. The van der Waals surface area contributed by atoms with Crippen LogP contribution in [-0.2, 0) is 27.9 Å². The second-order valence-corrected chi connectivity index (χ2v) is 6.68. The van der Waals surface area contributed by atoms with Crippen LogP contribution in [0, 0.1) is 5.92 Å². The summed E-state index contributed by atoms with van der Waals surface area (Å²) in [6, 6.07) is 0. The molecule has 0 radical (unpaired) electrons. The Morgan fingerprint density at radius 3 is 2.15 bits per heavy atom. The molecular formula is C13H19O6P. The highest BCUT2D eigenvalue weighted by molar-refractivity contribution is 7.55. The third-order valence-corrected chi connectivity index (χ3v) is 5.40. The number of methoxy groups -OCH3 is 1. The number of carbonyl (C=O) groups excluding carboxylic acids is 2. The fourth-order valence-electron chi connectivity index (χ4n) is 1.96. The van der Waals surface area contributed by atoms with Gasteiger partial charge in [-0.15, -0.1) is 0 Å². The van der Waals surface area contributed by atoms with Gasteiger partial charge in [-0.05, 0) is 6.42 Å². The summed E-state index contributed by atoms with van der Waals surface area (Å²) in [7, 11) is -0.0270. The third-order valence-electron chi connectivity index (χ3n) is 3.15. The predicted octanol–water partition coefficient (Wildman–Crippen LogP) is 2.11. The average Bonchev–Trinajstić information content (AvgIpc) is 3.00. The van der Waals surface area contributed by atoms with Crippen molar-refractivity contribution in [3.63, 3.8) is 0 Å². The molecule has 6 nitrogen and oxygen atoms in total. The van der Waals surface area contributed by atoms with Gasteiger partial charge in [-0.1, -0.05) is 24.3 Å². The number of esters is 1. The predicted molar refractivity (Wildman–Crippen MR) is 73.4 cm³/mol. The van der Waals surface area contributed by atoms with Crippen LogP contribution in [0.4, 0.5) is 0 Å².